The van der Waals surface area contributed by atoms with Crippen LogP contribution in [0.4, 0.5) is 0 Å². The molecule has 2 aromatic rings. The zero-order valence-corrected chi connectivity index (χ0v) is 15.8. The number of carbonyl (C=O) groups is 1. The SMILES string of the molecule is Cc1ccc(OCCN)c(C(=O)N2CCC(Cc3ccc(Cl)cc3)C2)c1. The number of likely N-dealkylation sites (tertiary alicyclic amines) is 1. The van der Waals surface area contributed by atoms with Crippen LogP contribution in [-0.2, 0) is 6.42 Å². The van der Waals surface area contributed by atoms with Gasteiger partial charge in [0.15, 0.2) is 0 Å². The van der Waals surface area contributed by atoms with E-state index >= 15 is 0 Å². The average Bonchev–Trinajstić information content (AvgIpc) is 3.10. The summed E-state index contributed by atoms with van der Waals surface area (Å²) in [5, 5.41) is 0.751. The van der Waals surface area contributed by atoms with Crippen LogP contribution < -0.4 is 10.5 Å². The Balaban J connectivity index is 1.67. The number of hydrogen-bond donors (Lipinski definition) is 1. The van der Waals surface area contributed by atoms with E-state index in [0.717, 1.165) is 36.5 Å². The number of halogens is 1. The number of nitrogens with zero attached hydrogens (tertiary/aromatic N) is 1. The lowest BCUT2D eigenvalue weighted by atomic mass is 9.99. The van der Waals surface area contributed by atoms with E-state index in [1.54, 1.807) is 0 Å². The van der Waals surface area contributed by atoms with Gasteiger partial charge in [0.2, 0.25) is 0 Å². The van der Waals surface area contributed by atoms with Gasteiger partial charge in [0.05, 0.1) is 5.56 Å². The van der Waals surface area contributed by atoms with Crippen molar-refractivity contribution in [1.29, 1.82) is 0 Å². The number of carbonyl (C=O) groups excluding carboxylic acids is 1. The Morgan fingerprint density at radius 3 is 2.77 bits per heavy atom. The molecule has 3 rings (SSSR count). The zero-order valence-electron chi connectivity index (χ0n) is 15.1. The normalized spacial score (nSPS) is 16.7. The molecule has 1 atom stereocenters. The van der Waals surface area contributed by atoms with E-state index in [1.807, 2.05) is 42.2 Å². The molecule has 1 heterocycles. The predicted molar refractivity (Wildman–Crippen MR) is 105 cm³/mol. The summed E-state index contributed by atoms with van der Waals surface area (Å²) < 4.78 is 5.67. The molecule has 1 unspecified atom stereocenters. The van der Waals surface area contributed by atoms with Crippen LogP contribution in [0, 0.1) is 12.8 Å². The third-order valence-electron chi connectivity index (χ3n) is 4.75. The molecule has 0 bridgehead atoms. The van der Waals surface area contributed by atoms with Crippen molar-refractivity contribution in [2.24, 2.45) is 11.7 Å². The lowest BCUT2D eigenvalue weighted by Gasteiger charge is -2.19. The average molecular weight is 373 g/mol. The Morgan fingerprint density at radius 2 is 2.04 bits per heavy atom. The fourth-order valence-corrected chi connectivity index (χ4v) is 3.54. The Kier molecular flexibility index (Phi) is 6.17. The minimum atomic E-state index is 0.0410. The summed E-state index contributed by atoms with van der Waals surface area (Å²) in [4.78, 5) is 15.0. The summed E-state index contributed by atoms with van der Waals surface area (Å²) in [5.41, 5.74) is 8.46. The second kappa shape index (κ2) is 8.56. The molecule has 1 amide bonds. The molecule has 1 fully saturated rings. The minimum Gasteiger partial charge on any atom is -0.491 e. The zero-order chi connectivity index (χ0) is 18.5. The smallest absolute Gasteiger partial charge is 0.257 e. The van der Waals surface area contributed by atoms with Gasteiger partial charge in [-0.1, -0.05) is 35.4 Å². The third kappa shape index (κ3) is 4.57. The highest BCUT2D eigenvalue weighted by Crippen LogP contribution is 2.27. The van der Waals surface area contributed by atoms with Crippen molar-refractivity contribution in [1.82, 2.24) is 4.90 Å². The van der Waals surface area contributed by atoms with E-state index in [0.29, 0.717) is 30.4 Å². The Bertz CT molecular complexity index is 761. The van der Waals surface area contributed by atoms with Gasteiger partial charge in [0.1, 0.15) is 12.4 Å². The Hall–Kier alpha value is -2.04. The van der Waals surface area contributed by atoms with Gasteiger partial charge in [0, 0.05) is 24.7 Å². The molecule has 0 radical (unpaired) electrons. The van der Waals surface area contributed by atoms with Crippen LogP contribution in [0.5, 0.6) is 5.75 Å². The Morgan fingerprint density at radius 1 is 1.27 bits per heavy atom. The second-order valence-corrected chi connectivity index (χ2v) is 7.31. The molecule has 4 nitrogen and oxygen atoms in total. The summed E-state index contributed by atoms with van der Waals surface area (Å²) >= 11 is 5.95. The predicted octanol–water partition coefficient (Wildman–Crippen LogP) is 3.69. The van der Waals surface area contributed by atoms with Crippen molar-refractivity contribution >= 4 is 17.5 Å². The molecule has 1 saturated heterocycles. The van der Waals surface area contributed by atoms with Crippen molar-refractivity contribution in [3.05, 3.63) is 64.2 Å². The molecule has 138 valence electrons. The number of aryl methyl sites for hydroxylation is 1. The molecular formula is C21H25ClN2O2. The van der Waals surface area contributed by atoms with Crippen LogP contribution in [0.25, 0.3) is 0 Å². The van der Waals surface area contributed by atoms with E-state index in [4.69, 9.17) is 22.1 Å². The van der Waals surface area contributed by atoms with Crippen LogP contribution >= 0.6 is 11.6 Å². The van der Waals surface area contributed by atoms with Crippen molar-refractivity contribution in [3.63, 3.8) is 0 Å². The van der Waals surface area contributed by atoms with Gasteiger partial charge in [-0.3, -0.25) is 4.79 Å². The first-order valence-electron chi connectivity index (χ1n) is 9.04. The maximum absolute atomic E-state index is 13.0. The fraction of sp³-hybridized carbons (Fsp3) is 0.381. The maximum Gasteiger partial charge on any atom is 0.257 e. The Labute approximate surface area is 159 Å². The summed E-state index contributed by atoms with van der Waals surface area (Å²) in [6.45, 7) is 4.36. The van der Waals surface area contributed by atoms with E-state index in [-0.39, 0.29) is 5.91 Å². The molecule has 0 spiro atoms. The number of ether oxygens (including phenoxy) is 1. The summed E-state index contributed by atoms with van der Waals surface area (Å²) in [5.74, 6) is 1.13. The maximum atomic E-state index is 13.0. The first kappa shape index (κ1) is 18.7. The van der Waals surface area contributed by atoms with Crippen LogP contribution in [0.15, 0.2) is 42.5 Å². The van der Waals surface area contributed by atoms with Gasteiger partial charge < -0.3 is 15.4 Å². The number of amides is 1. The van der Waals surface area contributed by atoms with E-state index in [1.165, 1.54) is 5.56 Å². The van der Waals surface area contributed by atoms with Crippen molar-refractivity contribution < 1.29 is 9.53 Å². The number of nitrogens with two attached hydrogens (primary N) is 1. The summed E-state index contributed by atoms with van der Waals surface area (Å²) in [7, 11) is 0. The third-order valence-corrected chi connectivity index (χ3v) is 5.00. The summed E-state index contributed by atoms with van der Waals surface area (Å²) in [6, 6.07) is 13.7. The lowest BCUT2D eigenvalue weighted by Crippen LogP contribution is -2.29. The van der Waals surface area contributed by atoms with Gasteiger partial charge in [-0.25, -0.2) is 0 Å². The van der Waals surface area contributed by atoms with Crippen LogP contribution in [0.2, 0.25) is 5.02 Å². The van der Waals surface area contributed by atoms with E-state index in [2.05, 4.69) is 12.1 Å². The monoisotopic (exact) mass is 372 g/mol. The van der Waals surface area contributed by atoms with Crippen molar-refractivity contribution in [2.45, 2.75) is 19.8 Å². The molecule has 0 aromatic heterocycles. The van der Waals surface area contributed by atoms with Crippen LogP contribution in [-0.4, -0.2) is 37.0 Å². The highest BCUT2D eigenvalue weighted by molar-refractivity contribution is 6.30. The van der Waals surface area contributed by atoms with Gasteiger partial charge in [-0.15, -0.1) is 0 Å². The molecular weight excluding hydrogens is 348 g/mol. The van der Waals surface area contributed by atoms with Gasteiger partial charge in [-0.05, 0) is 55.5 Å². The minimum absolute atomic E-state index is 0.0410. The van der Waals surface area contributed by atoms with E-state index in [9.17, 15) is 4.79 Å². The van der Waals surface area contributed by atoms with Crippen molar-refractivity contribution in [3.8, 4) is 5.75 Å². The van der Waals surface area contributed by atoms with Crippen LogP contribution in [0.1, 0.15) is 27.9 Å². The fourth-order valence-electron chi connectivity index (χ4n) is 3.41. The number of hydrogen-bond acceptors (Lipinski definition) is 3. The van der Waals surface area contributed by atoms with Crippen LogP contribution in [0.3, 0.4) is 0 Å². The molecule has 0 aliphatic carbocycles. The number of benzene rings is 2. The quantitative estimate of drug-likeness (QED) is 0.841. The number of rotatable bonds is 6. The second-order valence-electron chi connectivity index (χ2n) is 6.87. The molecule has 26 heavy (non-hydrogen) atoms. The highest BCUT2D eigenvalue weighted by Gasteiger charge is 2.28. The topological polar surface area (TPSA) is 55.6 Å². The molecule has 5 heteroatoms. The first-order valence-corrected chi connectivity index (χ1v) is 9.42. The van der Waals surface area contributed by atoms with Gasteiger partial charge in [0.25, 0.3) is 5.91 Å². The molecule has 1 aliphatic heterocycles. The first-order chi connectivity index (χ1) is 12.6. The molecule has 2 N–H and O–H groups in total. The highest BCUT2D eigenvalue weighted by atomic mass is 35.5. The van der Waals surface area contributed by atoms with Gasteiger partial charge >= 0.3 is 0 Å². The summed E-state index contributed by atoms with van der Waals surface area (Å²) in [6.07, 6.45) is 1.98. The van der Waals surface area contributed by atoms with E-state index < -0.39 is 0 Å². The molecule has 2 aromatic carbocycles. The molecule has 0 saturated carbocycles. The largest absolute Gasteiger partial charge is 0.491 e. The van der Waals surface area contributed by atoms with Gasteiger partial charge in [-0.2, -0.15) is 0 Å². The lowest BCUT2D eigenvalue weighted by molar-refractivity contribution is 0.0782. The molecule has 1 aliphatic rings. The van der Waals surface area contributed by atoms with Crippen molar-refractivity contribution in [2.75, 3.05) is 26.2 Å². The standard InChI is InChI=1S/C21H25ClN2O2/c1-15-2-7-20(26-11-9-23)19(12-15)21(25)24-10-8-17(14-24)13-16-3-5-18(22)6-4-16/h2-7,12,17H,8-11,13-14,23H2,1H3.